The number of nitrogens with zero attached hydrogens (tertiary/aromatic N) is 4. The van der Waals surface area contributed by atoms with E-state index in [9.17, 15) is 4.79 Å². The number of nitrogens with one attached hydrogen (secondary N) is 1. The summed E-state index contributed by atoms with van der Waals surface area (Å²) in [4.78, 5) is 14.8. The molecule has 3 aromatic rings. The number of amides is 1. The third-order valence-corrected chi connectivity index (χ3v) is 5.04. The van der Waals surface area contributed by atoms with Gasteiger partial charge in [-0.15, -0.1) is 10.2 Å². The Hall–Kier alpha value is -2.89. The molecule has 6 heteroatoms. The Bertz CT molecular complexity index is 940. The summed E-state index contributed by atoms with van der Waals surface area (Å²) in [5, 5.41) is 11.7. The number of pyridine rings is 1. The molecule has 0 bridgehead atoms. The molecule has 1 aliphatic rings. The molecule has 0 spiro atoms. The van der Waals surface area contributed by atoms with Crippen LogP contribution < -0.4 is 10.2 Å². The van der Waals surface area contributed by atoms with Crippen molar-refractivity contribution in [3.05, 3.63) is 53.7 Å². The molecule has 134 valence electrons. The van der Waals surface area contributed by atoms with E-state index in [1.165, 1.54) is 0 Å². The molecule has 4 rings (SSSR count). The lowest BCUT2D eigenvalue weighted by Gasteiger charge is -2.31. The topological polar surface area (TPSA) is 62.5 Å². The Balaban J connectivity index is 1.43. The quantitative estimate of drug-likeness (QED) is 0.789. The third kappa shape index (κ3) is 3.14. The van der Waals surface area contributed by atoms with Crippen molar-refractivity contribution in [3.8, 4) is 0 Å². The molecule has 2 aromatic heterocycles. The highest BCUT2D eigenvalue weighted by molar-refractivity contribution is 5.92. The van der Waals surface area contributed by atoms with Crippen LogP contribution in [0.4, 0.5) is 11.6 Å². The Morgan fingerprint density at radius 3 is 2.62 bits per heavy atom. The third-order valence-electron chi connectivity index (χ3n) is 5.04. The van der Waals surface area contributed by atoms with Crippen LogP contribution in [0.25, 0.3) is 5.65 Å². The van der Waals surface area contributed by atoms with Crippen molar-refractivity contribution in [1.82, 2.24) is 14.6 Å². The minimum atomic E-state index is 0.0343. The molecule has 3 heterocycles. The fourth-order valence-corrected chi connectivity index (χ4v) is 3.60. The van der Waals surface area contributed by atoms with Crippen LogP contribution in [-0.2, 0) is 4.79 Å². The molecule has 1 amide bonds. The molecular weight excluding hydrogens is 326 g/mol. The van der Waals surface area contributed by atoms with E-state index in [0.29, 0.717) is 0 Å². The van der Waals surface area contributed by atoms with Gasteiger partial charge in [0.2, 0.25) is 11.9 Å². The standard InChI is InChI=1S/C20H23N5O/c1-14-5-3-7-17(13-14)21-19(26)16-9-11-24(12-10-16)20-23-22-18-8-4-6-15(2)25(18)20/h3-8,13,16H,9-12H2,1-2H3,(H,21,26). The maximum Gasteiger partial charge on any atom is 0.231 e. The minimum absolute atomic E-state index is 0.0343. The molecule has 0 atom stereocenters. The normalized spacial score (nSPS) is 15.4. The molecule has 6 nitrogen and oxygen atoms in total. The van der Waals surface area contributed by atoms with Crippen LogP contribution >= 0.6 is 0 Å². The molecule has 1 saturated heterocycles. The summed E-state index contributed by atoms with van der Waals surface area (Å²) in [6, 6.07) is 13.9. The zero-order valence-electron chi connectivity index (χ0n) is 15.1. The van der Waals surface area contributed by atoms with E-state index in [4.69, 9.17) is 0 Å². The molecule has 0 radical (unpaired) electrons. The second-order valence-electron chi connectivity index (χ2n) is 6.98. The highest BCUT2D eigenvalue weighted by Crippen LogP contribution is 2.24. The van der Waals surface area contributed by atoms with E-state index in [2.05, 4.69) is 37.8 Å². The van der Waals surface area contributed by atoms with E-state index in [1.807, 2.05) is 43.3 Å². The number of hydrogen-bond acceptors (Lipinski definition) is 4. The molecule has 0 unspecified atom stereocenters. The second kappa shape index (κ2) is 6.78. The van der Waals surface area contributed by atoms with Gasteiger partial charge in [0.15, 0.2) is 5.65 Å². The fourth-order valence-electron chi connectivity index (χ4n) is 3.60. The first-order valence-corrected chi connectivity index (χ1v) is 9.05. The fraction of sp³-hybridized carbons (Fsp3) is 0.350. The number of piperidine rings is 1. The van der Waals surface area contributed by atoms with Gasteiger partial charge in [0, 0.05) is 30.4 Å². The Kier molecular flexibility index (Phi) is 4.32. The van der Waals surface area contributed by atoms with Gasteiger partial charge in [0.05, 0.1) is 0 Å². The maximum absolute atomic E-state index is 12.6. The SMILES string of the molecule is Cc1cccc(NC(=O)C2CCN(c3nnc4cccc(C)n34)CC2)c1. The number of aromatic nitrogens is 3. The average molecular weight is 349 g/mol. The number of fused-ring (bicyclic) bond motifs is 1. The largest absolute Gasteiger partial charge is 0.341 e. The molecular formula is C20H23N5O. The summed E-state index contributed by atoms with van der Waals surface area (Å²) < 4.78 is 2.08. The van der Waals surface area contributed by atoms with Crippen molar-refractivity contribution < 1.29 is 4.79 Å². The smallest absolute Gasteiger partial charge is 0.231 e. The van der Waals surface area contributed by atoms with Gasteiger partial charge in [-0.05, 0) is 56.5 Å². The summed E-state index contributed by atoms with van der Waals surface area (Å²) in [5.41, 5.74) is 3.99. The number of carbonyl (C=O) groups excluding carboxylic acids is 1. The van der Waals surface area contributed by atoms with Gasteiger partial charge in [0.1, 0.15) is 0 Å². The molecule has 1 N–H and O–H groups in total. The first-order chi connectivity index (χ1) is 12.6. The molecule has 1 aliphatic heterocycles. The van der Waals surface area contributed by atoms with Crippen molar-refractivity contribution in [1.29, 1.82) is 0 Å². The summed E-state index contributed by atoms with van der Waals surface area (Å²) in [7, 11) is 0. The van der Waals surface area contributed by atoms with Crippen molar-refractivity contribution in [2.45, 2.75) is 26.7 Å². The van der Waals surface area contributed by atoms with Crippen molar-refractivity contribution in [2.75, 3.05) is 23.3 Å². The van der Waals surface area contributed by atoms with Crippen LogP contribution in [0.2, 0.25) is 0 Å². The first kappa shape index (κ1) is 16.6. The van der Waals surface area contributed by atoms with Crippen LogP contribution in [0.5, 0.6) is 0 Å². The van der Waals surface area contributed by atoms with Crippen LogP contribution in [0.1, 0.15) is 24.1 Å². The number of aryl methyl sites for hydroxylation is 2. The van der Waals surface area contributed by atoms with Gasteiger partial charge in [-0.3, -0.25) is 9.20 Å². The predicted molar refractivity (Wildman–Crippen MR) is 102 cm³/mol. The lowest BCUT2D eigenvalue weighted by Crippen LogP contribution is -2.39. The Morgan fingerprint density at radius 1 is 1.08 bits per heavy atom. The molecule has 0 aliphatic carbocycles. The highest BCUT2D eigenvalue weighted by atomic mass is 16.1. The van der Waals surface area contributed by atoms with Crippen LogP contribution in [-0.4, -0.2) is 33.6 Å². The van der Waals surface area contributed by atoms with Crippen molar-refractivity contribution in [3.63, 3.8) is 0 Å². The zero-order chi connectivity index (χ0) is 18.1. The lowest BCUT2D eigenvalue weighted by molar-refractivity contribution is -0.120. The van der Waals surface area contributed by atoms with Gasteiger partial charge in [-0.1, -0.05) is 18.2 Å². The number of benzene rings is 1. The average Bonchev–Trinajstić information content (AvgIpc) is 3.07. The van der Waals surface area contributed by atoms with E-state index in [1.54, 1.807) is 0 Å². The number of carbonyl (C=O) groups is 1. The van der Waals surface area contributed by atoms with E-state index >= 15 is 0 Å². The lowest BCUT2D eigenvalue weighted by atomic mass is 9.96. The molecule has 0 saturated carbocycles. The Morgan fingerprint density at radius 2 is 1.85 bits per heavy atom. The highest BCUT2D eigenvalue weighted by Gasteiger charge is 2.27. The zero-order valence-corrected chi connectivity index (χ0v) is 15.1. The van der Waals surface area contributed by atoms with Crippen molar-refractivity contribution in [2.24, 2.45) is 5.92 Å². The van der Waals surface area contributed by atoms with Crippen LogP contribution in [0.15, 0.2) is 42.5 Å². The van der Waals surface area contributed by atoms with Gasteiger partial charge in [0.25, 0.3) is 0 Å². The predicted octanol–water partition coefficient (Wildman–Crippen LogP) is 3.20. The summed E-state index contributed by atoms with van der Waals surface area (Å²) in [6.07, 6.45) is 1.64. The first-order valence-electron chi connectivity index (χ1n) is 9.05. The van der Waals surface area contributed by atoms with Crippen molar-refractivity contribution >= 4 is 23.2 Å². The van der Waals surface area contributed by atoms with E-state index < -0.39 is 0 Å². The number of anilines is 2. The molecule has 1 fully saturated rings. The maximum atomic E-state index is 12.6. The van der Waals surface area contributed by atoms with Gasteiger partial charge < -0.3 is 10.2 Å². The van der Waals surface area contributed by atoms with Gasteiger partial charge in [-0.25, -0.2) is 0 Å². The monoisotopic (exact) mass is 349 g/mol. The Labute approximate surface area is 152 Å². The summed E-state index contributed by atoms with van der Waals surface area (Å²) >= 11 is 0. The summed E-state index contributed by atoms with van der Waals surface area (Å²) in [6.45, 7) is 5.70. The molecule has 1 aromatic carbocycles. The number of rotatable bonds is 3. The minimum Gasteiger partial charge on any atom is -0.341 e. The van der Waals surface area contributed by atoms with E-state index in [0.717, 1.165) is 54.5 Å². The second-order valence-corrected chi connectivity index (χ2v) is 6.98. The van der Waals surface area contributed by atoms with E-state index in [-0.39, 0.29) is 11.8 Å². The molecule has 26 heavy (non-hydrogen) atoms. The van der Waals surface area contributed by atoms with Gasteiger partial charge in [-0.2, -0.15) is 0 Å². The number of hydrogen-bond donors (Lipinski definition) is 1. The van der Waals surface area contributed by atoms with Crippen LogP contribution in [0.3, 0.4) is 0 Å². The summed E-state index contributed by atoms with van der Waals surface area (Å²) in [5.74, 6) is 1.01. The van der Waals surface area contributed by atoms with Crippen LogP contribution in [0, 0.1) is 19.8 Å². The van der Waals surface area contributed by atoms with Gasteiger partial charge >= 0.3 is 0 Å².